The van der Waals surface area contributed by atoms with Crippen LogP contribution in [0.25, 0.3) is 0 Å². The molecule has 0 saturated carbocycles. The van der Waals surface area contributed by atoms with Gasteiger partial charge in [0.25, 0.3) is 11.8 Å². The van der Waals surface area contributed by atoms with Crippen LogP contribution in [0.2, 0.25) is 5.82 Å². The minimum Gasteiger partial charge on any atom is -0.330 e. The summed E-state index contributed by atoms with van der Waals surface area (Å²) >= 11 is 0. The molecule has 0 spiro atoms. The van der Waals surface area contributed by atoms with Crippen molar-refractivity contribution in [1.29, 1.82) is 0 Å². The second-order valence-corrected chi connectivity index (χ2v) is 5.00. The van der Waals surface area contributed by atoms with E-state index in [1.54, 1.807) is 6.92 Å². The summed E-state index contributed by atoms with van der Waals surface area (Å²) in [5.74, 6) is -2.96. The molecule has 2 unspecified atom stereocenters. The average molecular weight is 265 g/mol. The second-order valence-electron chi connectivity index (χ2n) is 5.00. The predicted molar refractivity (Wildman–Crippen MR) is 70.0 cm³/mol. The van der Waals surface area contributed by atoms with Crippen LogP contribution < -0.4 is 0 Å². The lowest BCUT2D eigenvalue weighted by Gasteiger charge is -2.16. The van der Waals surface area contributed by atoms with E-state index in [0.29, 0.717) is 11.5 Å². The van der Waals surface area contributed by atoms with Crippen LogP contribution in [0.15, 0.2) is 0 Å². The minimum absolute atomic E-state index is 0.100. The van der Waals surface area contributed by atoms with Gasteiger partial charge in [0, 0.05) is 12.2 Å². The Labute approximate surface area is 115 Å². The third-order valence-corrected chi connectivity index (χ3v) is 3.21. The number of rotatable bonds is 7. The van der Waals surface area contributed by atoms with Crippen LogP contribution in [-0.4, -0.2) is 30.7 Å². The Morgan fingerprint density at radius 2 is 2.11 bits per heavy atom. The van der Waals surface area contributed by atoms with Crippen LogP contribution in [0, 0.1) is 5.92 Å². The molecule has 1 rings (SSSR count). The molecule has 1 aliphatic heterocycles. The summed E-state index contributed by atoms with van der Waals surface area (Å²) in [7, 11) is 5.42. The van der Waals surface area contributed by atoms with Crippen LogP contribution in [0.3, 0.4) is 0 Å². The summed E-state index contributed by atoms with van der Waals surface area (Å²) in [6.45, 7) is 3.85. The van der Waals surface area contributed by atoms with E-state index in [0.717, 1.165) is 25.7 Å². The highest BCUT2D eigenvalue weighted by Gasteiger charge is 2.39. The molecule has 0 aromatic rings. The molecule has 2 radical (unpaired) electrons. The van der Waals surface area contributed by atoms with E-state index in [2.05, 4.69) is 6.92 Å². The van der Waals surface area contributed by atoms with E-state index in [4.69, 9.17) is 12.7 Å². The first-order valence-corrected chi connectivity index (χ1v) is 6.81. The number of hydroxylamine groups is 2. The van der Waals surface area contributed by atoms with Crippen molar-refractivity contribution in [2.45, 2.75) is 58.2 Å². The first-order chi connectivity index (χ1) is 8.97. The summed E-state index contributed by atoms with van der Waals surface area (Å²) in [4.78, 5) is 39.5. The zero-order chi connectivity index (χ0) is 14.4. The average Bonchev–Trinajstić information content (AvgIpc) is 2.61. The molecule has 6 heteroatoms. The molecule has 1 fully saturated rings. The Morgan fingerprint density at radius 3 is 2.63 bits per heavy atom. The second kappa shape index (κ2) is 7.31. The molecule has 0 bridgehead atoms. The highest BCUT2D eigenvalue weighted by molar-refractivity contribution is 6.29. The molecule has 0 aromatic carbocycles. The van der Waals surface area contributed by atoms with E-state index in [-0.39, 0.29) is 12.3 Å². The molecule has 0 aromatic heterocycles. The smallest absolute Gasteiger partial charge is 0.330 e. The van der Waals surface area contributed by atoms with Gasteiger partial charge < -0.3 is 4.84 Å². The topological polar surface area (TPSA) is 63.7 Å². The molecule has 2 amide bonds. The number of nitrogens with zero attached hydrogens (tertiary/aromatic N) is 1. The molecule has 19 heavy (non-hydrogen) atoms. The van der Waals surface area contributed by atoms with E-state index < -0.39 is 23.6 Å². The maximum Gasteiger partial charge on any atom is 0.335 e. The SMILES string of the molecule is [B]C1CC(=O)N(OC(=O)C(C)CCCCCC)C1=O. The van der Waals surface area contributed by atoms with Crippen LogP contribution in [0.1, 0.15) is 52.4 Å². The van der Waals surface area contributed by atoms with Crippen LogP contribution in [-0.2, 0) is 19.2 Å². The molecule has 1 aliphatic rings. The number of amides is 2. The van der Waals surface area contributed by atoms with E-state index >= 15 is 0 Å². The highest BCUT2D eigenvalue weighted by atomic mass is 16.7. The molecule has 1 heterocycles. The number of imide groups is 1. The first kappa shape index (κ1) is 15.7. The largest absolute Gasteiger partial charge is 0.335 e. The number of unbranched alkanes of at least 4 members (excludes halogenated alkanes) is 3. The normalized spacial score (nSPS) is 20.7. The Kier molecular flexibility index (Phi) is 6.05. The third kappa shape index (κ3) is 4.37. The van der Waals surface area contributed by atoms with Crippen molar-refractivity contribution in [1.82, 2.24) is 5.06 Å². The van der Waals surface area contributed by atoms with Crippen LogP contribution >= 0.6 is 0 Å². The predicted octanol–water partition coefficient (Wildman–Crippen LogP) is 1.77. The lowest BCUT2D eigenvalue weighted by Crippen LogP contribution is -2.34. The Hall–Kier alpha value is -1.33. The van der Waals surface area contributed by atoms with Gasteiger partial charge >= 0.3 is 5.97 Å². The van der Waals surface area contributed by atoms with Gasteiger partial charge in [-0.15, -0.1) is 5.06 Å². The lowest BCUT2D eigenvalue weighted by molar-refractivity contribution is -0.200. The van der Waals surface area contributed by atoms with Crippen molar-refractivity contribution >= 4 is 25.6 Å². The summed E-state index contributed by atoms with van der Waals surface area (Å²) in [6, 6.07) is 0. The Bertz CT molecular complexity index is 359. The van der Waals surface area contributed by atoms with Gasteiger partial charge in [-0.1, -0.05) is 39.5 Å². The number of carbonyl (C=O) groups excluding carboxylic acids is 3. The maximum atomic E-state index is 11.8. The summed E-state index contributed by atoms with van der Waals surface area (Å²) in [5, 5.41) is 0.509. The van der Waals surface area contributed by atoms with Gasteiger partial charge in [-0.2, -0.15) is 0 Å². The number of carbonyl (C=O) groups is 3. The fraction of sp³-hybridized carbons (Fsp3) is 0.769. The summed E-state index contributed by atoms with van der Waals surface area (Å²) < 4.78 is 0. The van der Waals surface area contributed by atoms with Crippen molar-refractivity contribution in [2.75, 3.05) is 0 Å². The van der Waals surface area contributed by atoms with Gasteiger partial charge in [0.1, 0.15) is 0 Å². The molecular formula is C13H20BNO4. The molecule has 5 nitrogen and oxygen atoms in total. The van der Waals surface area contributed by atoms with Crippen molar-refractivity contribution in [3.63, 3.8) is 0 Å². The molecule has 1 saturated heterocycles. The molecule has 0 aliphatic carbocycles. The quantitative estimate of drug-likeness (QED) is 0.400. The van der Waals surface area contributed by atoms with E-state index in [1.807, 2.05) is 0 Å². The van der Waals surface area contributed by atoms with Crippen molar-refractivity contribution < 1.29 is 19.2 Å². The zero-order valence-electron chi connectivity index (χ0n) is 11.6. The van der Waals surface area contributed by atoms with Crippen molar-refractivity contribution in [2.24, 2.45) is 5.92 Å². The third-order valence-electron chi connectivity index (χ3n) is 3.21. The van der Waals surface area contributed by atoms with Gasteiger partial charge in [-0.05, 0) is 6.42 Å². The highest BCUT2D eigenvalue weighted by Crippen LogP contribution is 2.23. The molecule has 0 N–H and O–H groups in total. The van der Waals surface area contributed by atoms with Gasteiger partial charge in [0.2, 0.25) is 0 Å². The van der Waals surface area contributed by atoms with Gasteiger partial charge in [-0.25, -0.2) is 4.79 Å². The van der Waals surface area contributed by atoms with Gasteiger partial charge in [0.05, 0.1) is 13.8 Å². The molecule has 104 valence electrons. The minimum atomic E-state index is -0.889. The summed E-state index contributed by atoms with van der Waals surface area (Å²) in [5.41, 5.74) is 0. The van der Waals surface area contributed by atoms with Crippen molar-refractivity contribution in [3.8, 4) is 0 Å². The fourth-order valence-electron chi connectivity index (χ4n) is 1.90. The van der Waals surface area contributed by atoms with Crippen molar-refractivity contribution in [3.05, 3.63) is 0 Å². The van der Waals surface area contributed by atoms with Crippen LogP contribution in [0.4, 0.5) is 0 Å². The maximum absolute atomic E-state index is 11.8. The Morgan fingerprint density at radius 1 is 1.42 bits per heavy atom. The Balaban J connectivity index is 2.37. The molecular weight excluding hydrogens is 245 g/mol. The van der Waals surface area contributed by atoms with Gasteiger partial charge in [-0.3, -0.25) is 9.59 Å². The molecule has 2 atom stereocenters. The monoisotopic (exact) mass is 265 g/mol. The van der Waals surface area contributed by atoms with Gasteiger partial charge in [0.15, 0.2) is 0 Å². The van der Waals surface area contributed by atoms with E-state index in [1.165, 1.54) is 0 Å². The standard InChI is InChI=1S/C13H20BNO4/c1-3-4-5-6-7-9(2)13(18)19-15-11(16)8-10(14)12(15)17/h9-10H,3-8H2,1-2H3. The lowest BCUT2D eigenvalue weighted by atomic mass is 9.86. The van der Waals surface area contributed by atoms with E-state index in [9.17, 15) is 14.4 Å². The zero-order valence-corrected chi connectivity index (χ0v) is 11.6. The number of hydrogen-bond acceptors (Lipinski definition) is 4. The number of hydrogen-bond donors (Lipinski definition) is 0. The fourth-order valence-corrected chi connectivity index (χ4v) is 1.90. The first-order valence-electron chi connectivity index (χ1n) is 6.81. The van der Waals surface area contributed by atoms with Crippen LogP contribution in [0.5, 0.6) is 0 Å². The summed E-state index contributed by atoms with van der Waals surface area (Å²) in [6.07, 6.45) is 4.87.